The molecule has 0 unspecified atom stereocenters. The summed E-state index contributed by atoms with van der Waals surface area (Å²) in [5.74, 6) is 0. The van der Waals surface area contributed by atoms with Crippen molar-refractivity contribution in [1.29, 1.82) is 0 Å². The second-order valence-corrected chi connectivity index (χ2v) is 2.49. The second kappa shape index (κ2) is 1.76. The van der Waals surface area contributed by atoms with E-state index < -0.39 is 15.4 Å². The van der Waals surface area contributed by atoms with Crippen LogP contribution in [0.2, 0.25) is 0 Å². The van der Waals surface area contributed by atoms with Gasteiger partial charge in [-0.25, -0.2) is 0 Å². The summed E-state index contributed by atoms with van der Waals surface area (Å²) < 4.78 is 31.6. The third-order valence-corrected chi connectivity index (χ3v) is 1.29. The van der Waals surface area contributed by atoms with Crippen molar-refractivity contribution in [2.24, 2.45) is 0 Å². The van der Waals surface area contributed by atoms with E-state index in [0.717, 1.165) is 6.33 Å². The van der Waals surface area contributed by atoms with E-state index in [-0.39, 0.29) is 0 Å². The highest BCUT2D eigenvalue weighted by Gasteiger charge is 2.14. The molecule has 1 rings (SSSR count). The summed E-state index contributed by atoms with van der Waals surface area (Å²) in [6.45, 7) is 0. The molecule has 1 heterocycles. The average Bonchev–Trinajstić information content (AvgIpc) is 2.08. The minimum absolute atomic E-state index is 0.762. The minimum Gasteiger partial charge on any atom is -0.316 e. The number of rotatable bonds is 1. The molecule has 0 aromatic carbocycles. The summed E-state index contributed by atoms with van der Waals surface area (Å²) in [5, 5.41) is 5.22. The van der Waals surface area contributed by atoms with Gasteiger partial charge in [0.2, 0.25) is 0 Å². The fourth-order valence-corrected chi connectivity index (χ4v) is 0.652. The molecule has 0 saturated heterocycles. The lowest BCUT2D eigenvalue weighted by Crippen LogP contribution is -1.93. The largest absolute Gasteiger partial charge is 0.367 e. The van der Waals surface area contributed by atoms with Gasteiger partial charge in [-0.3, -0.25) is 0 Å². The summed E-state index contributed by atoms with van der Waals surface area (Å²) in [6.07, 6.45) is 0.979. The van der Waals surface area contributed by atoms with Crippen molar-refractivity contribution in [2.75, 3.05) is 0 Å². The molecule has 0 aliphatic rings. The Morgan fingerprint density at radius 2 is 2.33 bits per heavy atom. The summed E-state index contributed by atoms with van der Waals surface area (Å²) in [6, 6.07) is 0. The Bertz CT molecular complexity index is 277. The smallest absolute Gasteiger partial charge is 0.316 e. The maximum absolute atomic E-state index is 11.8. The van der Waals surface area contributed by atoms with Crippen LogP contribution in [0.3, 0.4) is 0 Å². The molecule has 0 atom stereocenters. The zero-order valence-electron chi connectivity index (χ0n) is 4.07. The molecule has 0 fully saturated rings. The molecule has 5 nitrogen and oxygen atoms in total. The number of halogens is 1. The molecule has 7 heteroatoms. The van der Waals surface area contributed by atoms with Gasteiger partial charge in [-0.2, -0.15) is 8.42 Å². The van der Waals surface area contributed by atoms with Gasteiger partial charge in [0.1, 0.15) is 6.33 Å². The number of aromatic nitrogens is 3. The van der Waals surface area contributed by atoms with E-state index >= 15 is 0 Å². The fourth-order valence-electron chi connectivity index (χ4n) is 0.313. The molecule has 0 aliphatic carbocycles. The molecule has 1 aromatic heterocycles. The summed E-state index contributed by atoms with van der Waals surface area (Å²) in [4.78, 5) is 1.99. The van der Waals surface area contributed by atoms with Crippen LogP contribution in [0.5, 0.6) is 0 Å². The quantitative estimate of drug-likeness (QED) is 0.547. The molecule has 9 heavy (non-hydrogen) atoms. The highest BCUT2D eigenvalue weighted by atomic mass is 32.3. The number of nitrogens with one attached hydrogen (secondary N) is 1. The van der Waals surface area contributed by atoms with Crippen molar-refractivity contribution in [2.45, 2.75) is 5.16 Å². The first-order chi connectivity index (χ1) is 4.11. The SMILES string of the molecule is O=S(=O)(F)c1nnc[nH]1. The lowest BCUT2D eigenvalue weighted by molar-refractivity contribution is 0.542. The number of aromatic amines is 1. The molecule has 0 aliphatic heterocycles. The van der Waals surface area contributed by atoms with Crippen LogP contribution in [-0.4, -0.2) is 23.6 Å². The third kappa shape index (κ3) is 1.22. The molecule has 0 saturated carbocycles. The van der Waals surface area contributed by atoms with Gasteiger partial charge >= 0.3 is 10.2 Å². The Balaban J connectivity index is 3.20. The van der Waals surface area contributed by atoms with Crippen molar-refractivity contribution in [3.8, 4) is 0 Å². The Labute approximate surface area is 50.1 Å². The van der Waals surface area contributed by atoms with E-state index in [0.29, 0.717) is 0 Å². The standard InChI is InChI=1S/C2H2FN3O2S/c3-9(7,8)2-4-1-5-6-2/h1H,(H,4,5,6). The molecular formula is C2H2FN3O2S. The summed E-state index contributed by atoms with van der Waals surface area (Å²) in [5.41, 5.74) is 0. The monoisotopic (exact) mass is 151 g/mol. The molecule has 0 spiro atoms. The molecular weight excluding hydrogens is 149 g/mol. The number of hydrogen-bond donors (Lipinski definition) is 1. The van der Waals surface area contributed by atoms with Crippen molar-refractivity contribution in [1.82, 2.24) is 15.2 Å². The Morgan fingerprint density at radius 3 is 2.56 bits per heavy atom. The highest BCUT2D eigenvalue weighted by molar-refractivity contribution is 7.86. The van der Waals surface area contributed by atoms with Crippen molar-refractivity contribution >= 4 is 10.2 Å². The molecule has 0 bridgehead atoms. The van der Waals surface area contributed by atoms with Crippen LogP contribution >= 0.6 is 0 Å². The van der Waals surface area contributed by atoms with Crippen molar-refractivity contribution < 1.29 is 12.3 Å². The van der Waals surface area contributed by atoms with Crippen molar-refractivity contribution in [3.63, 3.8) is 0 Å². The molecule has 0 radical (unpaired) electrons. The van der Waals surface area contributed by atoms with E-state index in [1.807, 2.05) is 4.98 Å². The predicted molar refractivity (Wildman–Crippen MR) is 24.7 cm³/mol. The van der Waals surface area contributed by atoms with Crippen LogP contribution in [0.25, 0.3) is 0 Å². The topological polar surface area (TPSA) is 75.7 Å². The highest BCUT2D eigenvalue weighted by Crippen LogP contribution is 2.00. The molecule has 1 N–H and O–H groups in total. The normalized spacial score (nSPS) is 11.7. The van der Waals surface area contributed by atoms with Crippen LogP contribution < -0.4 is 0 Å². The van der Waals surface area contributed by atoms with Gasteiger partial charge in [0.25, 0.3) is 5.16 Å². The lowest BCUT2D eigenvalue weighted by atomic mass is 11.3. The Kier molecular flexibility index (Phi) is 1.20. The zero-order chi connectivity index (χ0) is 6.91. The average molecular weight is 151 g/mol. The first-order valence-corrected chi connectivity index (χ1v) is 3.30. The van der Waals surface area contributed by atoms with E-state index in [1.165, 1.54) is 0 Å². The minimum atomic E-state index is -4.69. The van der Waals surface area contributed by atoms with E-state index in [1.54, 1.807) is 0 Å². The molecule has 50 valence electrons. The van der Waals surface area contributed by atoms with Gasteiger partial charge in [-0.05, 0) is 0 Å². The van der Waals surface area contributed by atoms with E-state index in [4.69, 9.17) is 0 Å². The maximum atomic E-state index is 11.8. The maximum Gasteiger partial charge on any atom is 0.367 e. The first kappa shape index (κ1) is 6.14. The Morgan fingerprint density at radius 1 is 1.67 bits per heavy atom. The van der Waals surface area contributed by atoms with Crippen molar-refractivity contribution in [3.05, 3.63) is 6.33 Å². The van der Waals surface area contributed by atoms with Crippen LogP contribution in [-0.2, 0) is 10.2 Å². The second-order valence-electron chi connectivity index (χ2n) is 1.23. The third-order valence-electron chi connectivity index (χ3n) is 0.625. The molecule has 1 aromatic rings. The van der Waals surface area contributed by atoms with Gasteiger partial charge < -0.3 is 4.98 Å². The van der Waals surface area contributed by atoms with Gasteiger partial charge in [0, 0.05) is 0 Å². The fraction of sp³-hybridized carbons (Fsp3) is 0. The Hall–Kier alpha value is -0.980. The zero-order valence-corrected chi connectivity index (χ0v) is 4.89. The summed E-state index contributed by atoms with van der Waals surface area (Å²) in [7, 11) is -4.69. The number of H-pyrrole nitrogens is 1. The lowest BCUT2D eigenvalue weighted by Gasteiger charge is -1.79. The van der Waals surface area contributed by atoms with Gasteiger partial charge in [0.05, 0.1) is 0 Å². The van der Waals surface area contributed by atoms with E-state index in [9.17, 15) is 12.3 Å². The predicted octanol–water partition coefficient (Wildman–Crippen LogP) is -0.537. The molecule has 0 amide bonds. The number of hydrogen-bond acceptors (Lipinski definition) is 4. The van der Waals surface area contributed by atoms with Crippen LogP contribution in [0.4, 0.5) is 3.89 Å². The van der Waals surface area contributed by atoms with Gasteiger partial charge in [-0.1, -0.05) is 3.89 Å². The van der Waals surface area contributed by atoms with E-state index in [2.05, 4.69) is 10.2 Å². The van der Waals surface area contributed by atoms with Crippen LogP contribution in [0.1, 0.15) is 0 Å². The van der Waals surface area contributed by atoms with Gasteiger partial charge in [-0.15, -0.1) is 10.2 Å². The number of nitrogens with zero attached hydrogens (tertiary/aromatic N) is 2. The van der Waals surface area contributed by atoms with Crippen LogP contribution in [0.15, 0.2) is 11.5 Å². The van der Waals surface area contributed by atoms with Crippen LogP contribution in [0, 0.1) is 0 Å². The van der Waals surface area contributed by atoms with Gasteiger partial charge in [0.15, 0.2) is 0 Å². The summed E-state index contributed by atoms with van der Waals surface area (Å²) >= 11 is 0. The first-order valence-electron chi connectivity index (χ1n) is 1.91.